The Hall–Kier alpha value is -2.45. The number of nitrogens with zero attached hydrogens (tertiary/aromatic N) is 4. The minimum absolute atomic E-state index is 0.166. The van der Waals surface area contributed by atoms with Crippen molar-refractivity contribution >= 4 is 35.1 Å². The first-order valence-electron chi connectivity index (χ1n) is 7.78. The molecule has 0 aliphatic carbocycles. The third-order valence-corrected chi connectivity index (χ3v) is 5.57. The van der Waals surface area contributed by atoms with Gasteiger partial charge >= 0.3 is 0 Å². The fourth-order valence-corrected chi connectivity index (χ4v) is 4.50. The first-order valence-corrected chi connectivity index (χ1v) is 9.21. The molecular formula is C17H13ClFN5OS. The Labute approximate surface area is 157 Å². The maximum Gasteiger partial charge on any atom is 0.252 e. The topological polar surface area (TPSA) is 72.7 Å². The number of hydrogen-bond donors (Lipinski definition) is 1. The van der Waals surface area contributed by atoms with E-state index in [1.165, 1.54) is 22.5 Å². The second-order valence-electron chi connectivity index (χ2n) is 5.68. The fraction of sp³-hybridized carbons (Fsp3) is 0.176. The van der Waals surface area contributed by atoms with Crippen LogP contribution in [0.1, 0.15) is 22.1 Å². The molecule has 0 spiro atoms. The van der Waals surface area contributed by atoms with Crippen molar-refractivity contribution in [3.8, 4) is 5.95 Å². The number of nitrogens with one attached hydrogen (secondary N) is 1. The monoisotopic (exact) mass is 389 g/mol. The van der Waals surface area contributed by atoms with Crippen LogP contribution < -0.4 is 5.32 Å². The van der Waals surface area contributed by atoms with Gasteiger partial charge in [0.1, 0.15) is 11.6 Å². The average Bonchev–Trinajstić information content (AvgIpc) is 2.83. The molecule has 3 heterocycles. The van der Waals surface area contributed by atoms with Crippen LogP contribution in [0.3, 0.4) is 0 Å². The highest BCUT2D eigenvalue weighted by Crippen LogP contribution is 2.46. The van der Waals surface area contributed by atoms with Crippen LogP contribution in [-0.4, -0.2) is 31.4 Å². The summed E-state index contributed by atoms with van der Waals surface area (Å²) in [5.41, 5.74) is 1.68. The number of anilines is 1. The van der Waals surface area contributed by atoms with Crippen LogP contribution in [0, 0.1) is 12.7 Å². The number of hydrogen-bond acceptors (Lipinski definition) is 5. The maximum absolute atomic E-state index is 14.6. The van der Waals surface area contributed by atoms with E-state index in [-0.39, 0.29) is 11.7 Å². The van der Waals surface area contributed by atoms with Gasteiger partial charge in [-0.05, 0) is 25.1 Å². The predicted octanol–water partition coefficient (Wildman–Crippen LogP) is 3.54. The lowest BCUT2D eigenvalue weighted by Crippen LogP contribution is -2.16. The number of carbonyl (C=O) groups excluding carboxylic acids is 1. The summed E-state index contributed by atoms with van der Waals surface area (Å²) in [6.45, 7) is 1.80. The molecule has 1 aliphatic heterocycles. The number of thioether (sulfide) groups is 1. The van der Waals surface area contributed by atoms with Gasteiger partial charge in [-0.3, -0.25) is 4.79 Å². The van der Waals surface area contributed by atoms with Gasteiger partial charge in [-0.15, -0.1) is 11.8 Å². The first-order chi connectivity index (χ1) is 12.6. The summed E-state index contributed by atoms with van der Waals surface area (Å²) >= 11 is 7.59. The van der Waals surface area contributed by atoms with Gasteiger partial charge in [0.25, 0.3) is 5.95 Å². The smallest absolute Gasteiger partial charge is 0.252 e. The highest BCUT2D eigenvalue weighted by atomic mass is 35.5. The van der Waals surface area contributed by atoms with Gasteiger partial charge in [-0.25, -0.2) is 14.4 Å². The van der Waals surface area contributed by atoms with Gasteiger partial charge < -0.3 is 5.32 Å². The van der Waals surface area contributed by atoms with Crippen LogP contribution in [0.2, 0.25) is 5.02 Å². The van der Waals surface area contributed by atoms with Crippen LogP contribution in [0.5, 0.6) is 0 Å². The van der Waals surface area contributed by atoms with Crippen LogP contribution in [0.15, 0.2) is 36.7 Å². The molecule has 4 rings (SSSR count). The zero-order chi connectivity index (χ0) is 18.3. The second kappa shape index (κ2) is 6.69. The van der Waals surface area contributed by atoms with Gasteiger partial charge in [0, 0.05) is 28.5 Å². The number of benzene rings is 1. The molecule has 0 fully saturated rings. The summed E-state index contributed by atoms with van der Waals surface area (Å²) in [6.07, 6.45) is 3.18. The van der Waals surface area contributed by atoms with Crippen molar-refractivity contribution < 1.29 is 9.18 Å². The Morgan fingerprint density at radius 2 is 2.04 bits per heavy atom. The Morgan fingerprint density at radius 3 is 2.77 bits per heavy atom. The molecule has 132 valence electrons. The van der Waals surface area contributed by atoms with E-state index in [0.29, 0.717) is 33.6 Å². The minimum Gasteiger partial charge on any atom is -0.309 e. The van der Waals surface area contributed by atoms with Crippen molar-refractivity contribution in [2.75, 3.05) is 11.1 Å². The van der Waals surface area contributed by atoms with Crippen molar-refractivity contribution in [3.63, 3.8) is 0 Å². The highest BCUT2D eigenvalue weighted by Gasteiger charge is 2.33. The molecule has 1 amide bonds. The molecular weight excluding hydrogens is 377 g/mol. The quantitative estimate of drug-likeness (QED) is 0.725. The van der Waals surface area contributed by atoms with Crippen molar-refractivity contribution in [1.29, 1.82) is 0 Å². The van der Waals surface area contributed by atoms with Gasteiger partial charge in [-0.1, -0.05) is 17.7 Å². The summed E-state index contributed by atoms with van der Waals surface area (Å²) in [6, 6.07) is 6.25. The van der Waals surface area contributed by atoms with E-state index >= 15 is 0 Å². The van der Waals surface area contributed by atoms with Gasteiger partial charge in [0.2, 0.25) is 5.91 Å². The van der Waals surface area contributed by atoms with E-state index < -0.39 is 11.1 Å². The molecule has 0 radical (unpaired) electrons. The molecule has 0 saturated carbocycles. The van der Waals surface area contributed by atoms with Gasteiger partial charge in [-0.2, -0.15) is 9.78 Å². The molecule has 1 aromatic carbocycles. The molecule has 3 aromatic rings. The van der Waals surface area contributed by atoms with Crippen molar-refractivity contribution in [2.45, 2.75) is 12.2 Å². The van der Waals surface area contributed by atoms with Crippen molar-refractivity contribution in [3.05, 3.63) is 64.3 Å². The van der Waals surface area contributed by atoms with Crippen molar-refractivity contribution in [1.82, 2.24) is 19.7 Å². The third-order valence-electron chi connectivity index (χ3n) is 4.01. The van der Waals surface area contributed by atoms with Gasteiger partial charge in [0.05, 0.1) is 16.7 Å². The molecule has 9 heteroatoms. The molecule has 1 N–H and O–H groups in total. The molecule has 2 aromatic heterocycles. The van der Waals surface area contributed by atoms with E-state index in [9.17, 15) is 9.18 Å². The van der Waals surface area contributed by atoms with E-state index in [1.54, 1.807) is 37.5 Å². The largest absolute Gasteiger partial charge is 0.309 e. The van der Waals surface area contributed by atoms with E-state index in [4.69, 9.17) is 11.6 Å². The standard InChI is InChI=1S/C17H13ClFN5OS/c1-9-13-15(14-10(18)4-2-5-11(14)19)26-8-12(25)22-16(13)24(23-9)17-20-6-3-7-21-17/h2-7,15H,8H2,1H3,(H,22,25)/t15-/m0/s1. The van der Waals surface area contributed by atoms with Crippen molar-refractivity contribution in [2.24, 2.45) is 0 Å². The van der Waals surface area contributed by atoms with E-state index in [0.717, 1.165) is 0 Å². The predicted molar refractivity (Wildman–Crippen MR) is 98.2 cm³/mol. The lowest BCUT2D eigenvalue weighted by molar-refractivity contribution is -0.113. The number of rotatable bonds is 2. The number of carbonyl (C=O) groups is 1. The average molecular weight is 390 g/mol. The molecule has 26 heavy (non-hydrogen) atoms. The fourth-order valence-electron chi connectivity index (χ4n) is 2.92. The second-order valence-corrected chi connectivity index (χ2v) is 7.18. The Bertz CT molecular complexity index is 974. The SMILES string of the molecule is Cc1nn(-c2ncccn2)c2c1[C@@H](c1c(F)cccc1Cl)SCC(=O)N2. The Balaban J connectivity index is 1.95. The summed E-state index contributed by atoms with van der Waals surface area (Å²) in [4.78, 5) is 20.6. The van der Waals surface area contributed by atoms with Crippen LogP contribution in [0.4, 0.5) is 10.2 Å². The normalized spacial score (nSPS) is 16.7. The van der Waals surface area contributed by atoms with Crippen LogP contribution in [0.25, 0.3) is 5.95 Å². The minimum atomic E-state index is -0.477. The molecule has 0 bridgehead atoms. The summed E-state index contributed by atoms with van der Waals surface area (Å²) in [5, 5.41) is 7.15. The Morgan fingerprint density at radius 1 is 1.27 bits per heavy atom. The number of aryl methyl sites for hydroxylation is 1. The zero-order valence-electron chi connectivity index (χ0n) is 13.6. The molecule has 0 unspecified atom stereocenters. The lowest BCUT2D eigenvalue weighted by atomic mass is 10.0. The van der Waals surface area contributed by atoms with E-state index in [2.05, 4.69) is 20.4 Å². The van der Waals surface area contributed by atoms with E-state index in [1.807, 2.05) is 0 Å². The third kappa shape index (κ3) is 2.85. The number of halogens is 2. The number of fused-ring (bicyclic) bond motifs is 1. The van der Waals surface area contributed by atoms with Crippen LogP contribution >= 0.6 is 23.4 Å². The lowest BCUT2D eigenvalue weighted by Gasteiger charge is -2.17. The number of aromatic nitrogens is 4. The molecule has 1 aliphatic rings. The first kappa shape index (κ1) is 17.0. The molecule has 6 nitrogen and oxygen atoms in total. The molecule has 0 saturated heterocycles. The molecule has 1 atom stereocenters. The highest BCUT2D eigenvalue weighted by molar-refractivity contribution is 8.00. The zero-order valence-corrected chi connectivity index (χ0v) is 15.2. The summed E-state index contributed by atoms with van der Waals surface area (Å²) in [7, 11) is 0. The Kier molecular flexibility index (Phi) is 4.37. The van der Waals surface area contributed by atoms with Gasteiger partial charge in [0.15, 0.2) is 0 Å². The summed E-state index contributed by atoms with van der Waals surface area (Å²) < 4.78 is 16.0. The van der Waals surface area contributed by atoms with Crippen LogP contribution in [-0.2, 0) is 4.79 Å². The summed E-state index contributed by atoms with van der Waals surface area (Å²) in [5.74, 6) is 0.302. The maximum atomic E-state index is 14.6. The number of amides is 1.